The van der Waals surface area contributed by atoms with Gasteiger partial charge in [0.2, 0.25) is 0 Å². The third-order valence-corrected chi connectivity index (χ3v) is 4.01. The van der Waals surface area contributed by atoms with Gasteiger partial charge in [0.25, 0.3) is 5.91 Å². The van der Waals surface area contributed by atoms with Crippen LogP contribution in [0.15, 0.2) is 29.0 Å². The van der Waals surface area contributed by atoms with Crippen LogP contribution in [0.25, 0.3) is 0 Å². The highest BCUT2D eigenvalue weighted by Crippen LogP contribution is 2.17. The van der Waals surface area contributed by atoms with E-state index in [9.17, 15) is 9.59 Å². The Kier molecular flexibility index (Phi) is 5.76. The van der Waals surface area contributed by atoms with Gasteiger partial charge in [-0.1, -0.05) is 23.2 Å². The number of halogens is 2. The van der Waals surface area contributed by atoms with Gasteiger partial charge in [0, 0.05) is 13.6 Å². The number of likely N-dealkylation sites (N-methyl/N-ethyl adjacent to an activating group) is 1. The zero-order chi connectivity index (χ0) is 16.1. The number of ether oxygens (including phenoxy) is 1. The van der Waals surface area contributed by atoms with Crippen molar-refractivity contribution in [3.05, 3.63) is 50.4 Å². The van der Waals surface area contributed by atoms with Gasteiger partial charge < -0.3 is 9.64 Å². The number of thiophene rings is 1. The van der Waals surface area contributed by atoms with Gasteiger partial charge in [-0.2, -0.15) is 11.3 Å². The van der Waals surface area contributed by atoms with Gasteiger partial charge in [-0.3, -0.25) is 4.79 Å². The van der Waals surface area contributed by atoms with E-state index in [1.54, 1.807) is 18.4 Å². The van der Waals surface area contributed by atoms with Crippen molar-refractivity contribution in [2.75, 3.05) is 13.7 Å². The lowest BCUT2D eigenvalue weighted by molar-refractivity contribution is -0.133. The highest BCUT2D eigenvalue weighted by atomic mass is 35.5. The number of hydrogen-bond donors (Lipinski definition) is 0. The van der Waals surface area contributed by atoms with Gasteiger partial charge in [-0.15, -0.1) is 0 Å². The predicted octanol–water partition coefficient (Wildman–Crippen LogP) is 3.27. The van der Waals surface area contributed by atoms with Crippen molar-refractivity contribution >= 4 is 46.4 Å². The minimum absolute atomic E-state index is 0.109. The molecule has 2 rings (SSSR count). The van der Waals surface area contributed by atoms with E-state index >= 15 is 0 Å². The number of pyridine rings is 1. The summed E-state index contributed by atoms with van der Waals surface area (Å²) >= 11 is 13.1. The number of hydrogen-bond acceptors (Lipinski definition) is 5. The highest BCUT2D eigenvalue weighted by Gasteiger charge is 2.17. The van der Waals surface area contributed by atoms with Crippen LogP contribution >= 0.6 is 34.5 Å². The Morgan fingerprint density at radius 2 is 2.09 bits per heavy atom. The van der Waals surface area contributed by atoms with Crippen LogP contribution in [-0.4, -0.2) is 35.4 Å². The lowest BCUT2D eigenvalue weighted by Gasteiger charge is -2.16. The molecule has 0 saturated carbocycles. The molecule has 0 saturated heterocycles. The minimum atomic E-state index is -0.787. The Balaban J connectivity index is 1.90. The molecule has 0 fully saturated rings. The second kappa shape index (κ2) is 7.58. The smallest absolute Gasteiger partial charge is 0.359 e. The van der Waals surface area contributed by atoms with Crippen molar-refractivity contribution < 1.29 is 14.3 Å². The second-order valence-corrected chi connectivity index (χ2v) is 6.00. The molecule has 2 heterocycles. The molecule has 0 spiro atoms. The van der Waals surface area contributed by atoms with Gasteiger partial charge in [0.15, 0.2) is 12.3 Å². The van der Waals surface area contributed by atoms with E-state index < -0.39 is 5.97 Å². The lowest BCUT2D eigenvalue weighted by Crippen LogP contribution is -2.30. The van der Waals surface area contributed by atoms with Gasteiger partial charge in [0.1, 0.15) is 5.15 Å². The Labute approximate surface area is 141 Å². The maximum absolute atomic E-state index is 11.9. The molecule has 0 aliphatic heterocycles. The van der Waals surface area contributed by atoms with Crippen molar-refractivity contribution in [2.24, 2.45) is 0 Å². The third kappa shape index (κ3) is 4.43. The molecule has 2 aromatic heterocycles. The molecule has 0 aliphatic carbocycles. The molecular weight excluding hydrogens is 347 g/mol. The molecule has 0 atom stereocenters. The van der Waals surface area contributed by atoms with E-state index in [1.165, 1.54) is 17.0 Å². The molecule has 1 amide bonds. The summed E-state index contributed by atoms with van der Waals surface area (Å²) in [4.78, 5) is 29.1. The summed E-state index contributed by atoms with van der Waals surface area (Å²) in [6.45, 7) is 0.0695. The van der Waals surface area contributed by atoms with Crippen molar-refractivity contribution in [1.82, 2.24) is 9.88 Å². The summed E-state index contributed by atoms with van der Waals surface area (Å²) in [5.74, 6) is -1.11. The topological polar surface area (TPSA) is 59.5 Å². The fraction of sp³-hybridized carbons (Fsp3) is 0.214. The normalized spacial score (nSPS) is 10.3. The summed E-state index contributed by atoms with van der Waals surface area (Å²) in [5.41, 5.74) is 0.911. The van der Waals surface area contributed by atoms with Crippen molar-refractivity contribution in [2.45, 2.75) is 6.54 Å². The highest BCUT2D eigenvalue weighted by molar-refractivity contribution is 7.07. The Morgan fingerprint density at radius 3 is 2.77 bits per heavy atom. The number of aromatic nitrogens is 1. The fourth-order valence-corrected chi connectivity index (χ4v) is 2.60. The molecule has 0 bridgehead atoms. The number of amides is 1. The van der Waals surface area contributed by atoms with E-state index in [-0.39, 0.29) is 28.4 Å². The first-order valence-electron chi connectivity index (χ1n) is 6.21. The van der Waals surface area contributed by atoms with Gasteiger partial charge in [0.05, 0.1) is 5.02 Å². The average molecular weight is 359 g/mol. The molecule has 2 aromatic rings. The number of rotatable bonds is 5. The minimum Gasteiger partial charge on any atom is -0.451 e. The predicted molar refractivity (Wildman–Crippen MR) is 85.3 cm³/mol. The molecule has 5 nitrogen and oxygen atoms in total. The van der Waals surface area contributed by atoms with Gasteiger partial charge in [-0.05, 0) is 34.5 Å². The van der Waals surface area contributed by atoms with Crippen molar-refractivity contribution in [1.29, 1.82) is 0 Å². The molecule has 116 valence electrons. The monoisotopic (exact) mass is 358 g/mol. The van der Waals surface area contributed by atoms with Crippen molar-refractivity contribution in [3.8, 4) is 0 Å². The molecule has 0 unspecified atom stereocenters. The SMILES string of the molecule is CN(Cc1ccsc1)C(=O)COC(=O)c1nc(Cl)ccc1Cl. The first-order valence-corrected chi connectivity index (χ1v) is 7.91. The Hall–Kier alpha value is -1.63. The second-order valence-electron chi connectivity index (χ2n) is 4.42. The third-order valence-electron chi connectivity index (χ3n) is 2.76. The van der Waals surface area contributed by atoms with E-state index in [1.807, 2.05) is 16.8 Å². The molecule has 8 heteroatoms. The van der Waals surface area contributed by atoms with Crippen LogP contribution in [-0.2, 0) is 16.1 Å². The molecular formula is C14H12Cl2N2O3S. The van der Waals surface area contributed by atoms with Crippen LogP contribution in [0.3, 0.4) is 0 Å². The first kappa shape index (κ1) is 16.7. The molecule has 22 heavy (non-hydrogen) atoms. The van der Waals surface area contributed by atoms with Crippen molar-refractivity contribution in [3.63, 3.8) is 0 Å². The lowest BCUT2D eigenvalue weighted by atomic mass is 10.3. The number of carbonyl (C=O) groups is 2. The first-order chi connectivity index (χ1) is 10.5. The van der Waals surface area contributed by atoms with Crippen LogP contribution in [0.4, 0.5) is 0 Å². The summed E-state index contributed by atoms with van der Waals surface area (Å²) < 4.78 is 4.93. The quantitative estimate of drug-likeness (QED) is 0.607. The van der Waals surface area contributed by atoms with Crippen LogP contribution < -0.4 is 0 Å². The molecule has 0 aromatic carbocycles. The molecule has 0 radical (unpaired) electrons. The molecule has 0 aliphatic rings. The summed E-state index contributed by atoms with van der Waals surface area (Å²) in [6, 6.07) is 4.83. The summed E-state index contributed by atoms with van der Waals surface area (Å²) in [6.07, 6.45) is 0. The number of esters is 1. The van der Waals surface area contributed by atoms with E-state index in [0.29, 0.717) is 6.54 Å². The van der Waals surface area contributed by atoms with Crippen LogP contribution in [0.2, 0.25) is 10.2 Å². The maximum atomic E-state index is 11.9. The van der Waals surface area contributed by atoms with Gasteiger partial charge >= 0.3 is 5.97 Å². The van der Waals surface area contributed by atoms with Crippen LogP contribution in [0, 0.1) is 0 Å². The average Bonchev–Trinajstić information content (AvgIpc) is 2.99. The van der Waals surface area contributed by atoms with Gasteiger partial charge in [-0.25, -0.2) is 9.78 Å². The summed E-state index contributed by atoms with van der Waals surface area (Å²) in [5, 5.41) is 4.12. The van der Waals surface area contributed by atoms with Crippen LogP contribution in [0.5, 0.6) is 0 Å². The Morgan fingerprint density at radius 1 is 1.32 bits per heavy atom. The maximum Gasteiger partial charge on any atom is 0.359 e. The zero-order valence-corrected chi connectivity index (χ0v) is 13.9. The van der Waals surface area contributed by atoms with E-state index in [0.717, 1.165) is 5.56 Å². The van der Waals surface area contributed by atoms with E-state index in [2.05, 4.69) is 4.98 Å². The Bertz CT molecular complexity index is 677. The van der Waals surface area contributed by atoms with E-state index in [4.69, 9.17) is 27.9 Å². The van der Waals surface area contributed by atoms with Crippen LogP contribution in [0.1, 0.15) is 16.1 Å². The zero-order valence-electron chi connectivity index (χ0n) is 11.6. The summed E-state index contributed by atoms with van der Waals surface area (Å²) in [7, 11) is 1.64. The standard InChI is InChI=1S/C14H12Cl2N2O3S/c1-18(6-9-4-5-22-8-9)12(19)7-21-14(20)13-10(15)2-3-11(16)17-13/h2-5,8H,6-7H2,1H3. The number of carbonyl (C=O) groups excluding carboxylic acids is 2. The number of nitrogens with zero attached hydrogens (tertiary/aromatic N) is 2. The largest absolute Gasteiger partial charge is 0.451 e. The molecule has 0 N–H and O–H groups in total. The fourth-order valence-electron chi connectivity index (χ4n) is 1.61.